The number of carbonyl (C=O) groups excluding carboxylic acids is 1. The first-order chi connectivity index (χ1) is 9.20. The number of carbonyl (C=O) groups is 1. The Balaban J connectivity index is 1.96. The van der Waals surface area contributed by atoms with Crippen molar-refractivity contribution in [2.24, 2.45) is 5.73 Å². The summed E-state index contributed by atoms with van der Waals surface area (Å²) < 4.78 is 10.1. The van der Waals surface area contributed by atoms with Crippen LogP contribution in [0.5, 0.6) is 0 Å². The number of ether oxygens (including phenoxy) is 1. The van der Waals surface area contributed by atoms with Crippen LogP contribution in [0.25, 0.3) is 0 Å². The van der Waals surface area contributed by atoms with Crippen LogP contribution in [0.4, 0.5) is 6.01 Å². The van der Waals surface area contributed by atoms with Crippen molar-refractivity contribution in [1.29, 1.82) is 0 Å². The van der Waals surface area contributed by atoms with E-state index in [2.05, 4.69) is 10.3 Å². The van der Waals surface area contributed by atoms with Crippen LogP contribution in [0, 0.1) is 0 Å². The summed E-state index contributed by atoms with van der Waals surface area (Å²) in [7, 11) is 0. The minimum Gasteiger partial charge on any atom is -0.461 e. The molecular formula is C13H21N3O3. The minimum absolute atomic E-state index is 0.0976. The molecule has 0 spiro atoms. The highest BCUT2D eigenvalue weighted by Crippen LogP contribution is 2.20. The molecule has 106 valence electrons. The number of esters is 1. The Labute approximate surface area is 112 Å². The van der Waals surface area contributed by atoms with Crippen molar-refractivity contribution in [3.63, 3.8) is 0 Å². The number of hydrogen-bond donors (Lipinski definition) is 2. The summed E-state index contributed by atoms with van der Waals surface area (Å²) in [6.07, 6.45) is 6.84. The van der Waals surface area contributed by atoms with Gasteiger partial charge in [0, 0.05) is 12.1 Å². The predicted molar refractivity (Wildman–Crippen MR) is 70.9 cm³/mol. The molecule has 0 saturated heterocycles. The topological polar surface area (TPSA) is 90.4 Å². The van der Waals surface area contributed by atoms with Crippen molar-refractivity contribution in [2.45, 2.75) is 51.1 Å². The Kier molecular flexibility index (Phi) is 4.79. The van der Waals surface area contributed by atoms with E-state index >= 15 is 0 Å². The number of oxazole rings is 1. The van der Waals surface area contributed by atoms with E-state index in [0.717, 1.165) is 19.3 Å². The van der Waals surface area contributed by atoms with Gasteiger partial charge in [-0.2, -0.15) is 4.98 Å². The van der Waals surface area contributed by atoms with Crippen molar-refractivity contribution < 1.29 is 13.9 Å². The molecule has 0 bridgehead atoms. The smallest absolute Gasteiger partial charge is 0.360 e. The van der Waals surface area contributed by atoms with Gasteiger partial charge in [-0.25, -0.2) is 4.79 Å². The second kappa shape index (κ2) is 6.56. The molecule has 1 saturated carbocycles. The normalized spacial score (nSPS) is 23.7. The Bertz CT molecular complexity index is 419. The maximum absolute atomic E-state index is 11.5. The lowest BCUT2D eigenvalue weighted by atomic mass is 10.0. The first kappa shape index (κ1) is 13.9. The third-order valence-corrected chi connectivity index (χ3v) is 3.37. The van der Waals surface area contributed by atoms with Crippen LogP contribution >= 0.6 is 0 Å². The zero-order valence-corrected chi connectivity index (χ0v) is 11.2. The van der Waals surface area contributed by atoms with Gasteiger partial charge in [-0.3, -0.25) is 0 Å². The molecule has 1 aliphatic carbocycles. The highest BCUT2D eigenvalue weighted by molar-refractivity contribution is 5.87. The maximum atomic E-state index is 11.5. The van der Waals surface area contributed by atoms with Gasteiger partial charge in [0.2, 0.25) is 0 Å². The molecule has 2 unspecified atom stereocenters. The molecular weight excluding hydrogens is 246 g/mol. The lowest BCUT2D eigenvalue weighted by Gasteiger charge is -2.21. The highest BCUT2D eigenvalue weighted by Gasteiger charge is 2.22. The lowest BCUT2D eigenvalue weighted by Crippen LogP contribution is -2.39. The molecule has 0 aromatic carbocycles. The second-order valence-electron chi connectivity index (χ2n) is 4.81. The fourth-order valence-electron chi connectivity index (χ4n) is 2.31. The van der Waals surface area contributed by atoms with Gasteiger partial charge in [0.05, 0.1) is 6.61 Å². The number of rotatable bonds is 4. The molecule has 0 radical (unpaired) electrons. The Morgan fingerprint density at radius 1 is 1.53 bits per heavy atom. The second-order valence-corrected chi connectivity index (χ2v) is 4.81. The number of hydrogen-bond acceptors (Lipinski definition) is 6. The average Bonchev–Trinajstić information content (AvgIpc) is 2.76. The zero-order chi connectivity index (χ0) is 13.7. The van der Waals surface area contributed by atoms with Gasteiger partial charge >= 0.3 is 5.97 Å². The SMILES string of the molecule is CCOC(=O)c1coc(NC2CCCCCC2N)n1. The summed E-state index contributed by atoms with van der Waals surface area (Å²) >= 11 is 0. The number of nitrogens with zero attached hydrogens (tertiary/aromatic N) is 1. The van der Waals surface area contributed by atoms with Gasteiger partial charge in [0.1, 0.15) is 6.26 Å². The van der Waals surface area contributed by atoms with Crippen molar-refractivity contribution in [3.8, 4) is 0 Å². The molecule has 0 aliphatic heterocycles. The molecule has 3 N–H and O–H groups in total. The molecule has 1 aromatic heterocycles. The third kappa shape index (κ3) is 3.70. The Morgan fingerprint density at radius 3 is 3.11 bits per heavy atom. The van der Waals surface area contributed by atoms with Gasteiger partial charge < -0.3 is 20.2 Å². The van der Waals surface area contributed by atoms with Gasteiger partial charge in [0.25, 0.3) is 6.01 Å². The van der Waals surface area contributed by atoms with Gasteiger partial charge in [0.15, 0.2) is 5.69 Å². The molecule has 1 aliphatic rings. The molecule has 1 heterocycles. The van der Waals surface area contributed by atoms with E-state index in [-0.39, 0.29) is 17.8 Å². The van der Waals surface area contributed by atoms with Crippen molar-refractivity contribution >= 4 is 12.0 Å². The zero-order valence-electron chi connectivity index (χ0n) is 11.2. The molecule has 1 aromatic rings. The van der Waals surface area contributed by atoms with Crippen LogP contribution in [0.15, 0.2) is 10.7 Å². The largest absolute Gasteiger partial charge is 0.461 e. The van der Waals surface area contributed by atoms with E-state index in [1.807, 2.05) is 0 Å². The van der Waals surface area contributed by atoms with E-state index in [4.69, 9.17) is 14.9 Å². The highest BCUT2D eigenvalue weighted by atomic mass is 16.5. The molecule has 6 heteroatoms. The Hall–Kier alpha value is -1.56. The lowest BCUT2D eigenvalue weighted by molar-refractivity contribution is 0.0519. The molecule has 19 heavy (non-hydrogen) atoms. The number of nitrogens with one attached hydrogen (secondary N) is 1. The van der Waals surface area contributed by atoms with Crippen molar-refractivity contribution in [2.75, 3.05) is 11.9 Å². The third-order valence-electron chi connectivity index (χ3n) is 3.37. The fourth-order valence-corrected chi connectivity index (χ4v) is 2.31. The van der Waals surface area contributed by atoms with Gasteiger partial charge in [-0.15, -0.1) is 0 Å². The van der Waals surface area contributed by atoms with Crippen LogP contribution in [0.1, 0.15) is 49.5 Å². The van der Waals surface area contributed by atoms with Gasteiger partial charge in [-0.1, -0.05) is 19.3 Å². The first-order valence-corrected chi connectivity index (χ1v) is 6.85. The molecule has 1 fully saturated rings. The van der Waals surface area contributed by atoms with Gasteiger partial charge in [-0.05, 0) is 19.8 Å². The standard InChI is InChI=1S/C13H21N3O3/c1-2-18-12(17)11-8-19-13(16-11)15-10-7-5-3-4-6-9(10)14/h8-10H,2-7,14H2,1H3,(H,15,16). The van der Waals surface area contributed by atoms with E-state index in [1.165, 1.54) is 19.1 Å². The number of anilines is 1. The molecule has 2 atom stereocenters. The minimum atomic E-state index is -0.468. The molecule has 2 rings (SSSR count). The molecule has 6 nitrogen and oxygen atoms in total. The van der Waals surface area contributed by atoms with Crippen LogP contribution < -0.4 is 11.1 Å². The van der Waals surface area contributed by atoms with Crippen LogP contribution in [0.3, 0.4) is 0 Å². The van der Waals surface area contributed by atoms with E-state index < -0.39 is 5.97 Å². The summed E-state index contributed by atoms with van der Waals surface area (Å²) in [6, 6.07) is 0.585. The van der Waals surface area contributed by atoms with Crippen LogP contribution in [-0.2, 0) is 4.74 Å². The van der Waals surface area contributed by atoms with Crippen LogP contribution in [0.2, 0.25) is 0 Å². The predicted octanol–water partition coefficient (Wildman–Crippen LogP) is 1.92. The van der Waals surface area contributed by atoms with E-state index in [1.54, 1.807) is 6.92 Å². The quantitative estimate of drug-likeness (QED) is 0.640. The first-order valence-electron chi connectivity index (χ1n) is 6.85. The number of nitrogens with two attached hydrogens (primary N) is 1. The Morgan fingerprint density at radius 2 is 2.32 bits per heavy atom. The summed E-state index contributed by atoms with van der Waals surface area (Å²) in [6.45, 7) is 2.07. The summed E-state index contributed by atoms with van der Waals surface area (Å²) in [5, 5.41) is 3.18. The van der Waals surface area contributed by atoms with Crippen molar-refractivity contribution in [3.05, 3.63) is 12.0 Å². The summed E-state index contributed by atoms with van der Waals surface area (Å²) in [5.41, 5.74) is 6.30. The van der Waals surface area contributed by atoms with Crippen molar-refractivity contribution in [1.82, 2.24) is 4.98 Å². The summed E-state index contributed by atoms with van der Waals surface area (Å²) in [5.74, 6) is -0.468. The van der Waals surface area contributed by atoms with E-state index in [9.17, 15) is 4.79 Å². The average molecular weight is 267 g/mol. The van der Waals surface area contributed by atoms with E-state index in [0.29, 0.717) is 12.6 Å². The number of aromatic nitrogens is 1. The van der Waals surface area contributed by atoms with Crippen LogP contribution in [-0.4, -0.2) is 29.6 Å². The monoisotopic (exact) mass is 267 g/mol. The molecule has 0 amide bonds. The maximum Gasteiger partial charge on any atom is 0.360 e. The fraction of sp³-hybridized carbons (Fsp3) is 0.692. The summed E-state index contributed by atoms with van der Waals surface area (Å²) in [4.78, 5) is 15.6.